The first-order valence-corrected chi connectivity index (χ1v) is 7.69. The van der Waals surface area contributed by atoms with Crippen LogP contribution in [0, 0.1) is 0 Å². The number of carbonyl (C=O) groups excluding carboxylic acids is 2. The van der Waals surface area contributed by atoms with Crippen molar-refractivity contribution in [2.75, 3.05) is 10.6 Å². The molecule has 1 aliphatic carbocycles. The maximum absolute atomic E-state index is 11.3. The minimum absolute atomic E-state index is 0. The molecule has 1 saturated carbocycles. The molecule has 0 bridgehead atoms. The fourth-order valence-electron chi connectivity index (χ4n) is 2.63. The molecule has 1 heterocycles. The molecule has 4 N–H and O–H groups in total. The zero-order valence-electron chi connectivity index (χ0n) is 14.0. The van der Waals surface area contributed by atoms with Gasteiger partial charge in [0.25, 0.3) is 5.89 Å². The standard InChI is InChI=1S/C16H19N5O3.ClH/c1-9(22)18-12-6-11(7-13(8-12)19-10(2)23)14-20-15(21-24-14)16(17)4-3-5-16;/h6-8H,3-5,17H2,1-2H3,(H,18,22)(H,19,23);1H. The van der Waals surface area contributed by atoms with Crippen molar-refractivity contribution in [3.63, 3.8) is 0 Å². The lowest BCUT2D eigenvalue weighted by atomic mass is 9.77. The summed E-state index contributed by atoms with van der Waals surface area (Å²) in [5.41, 5.74) is 7.33. The van der Waals surface area contributed by atoms with Gasteiger partial charge in [0.15, 0.2) is 5.82 Å². The Morgan fingerprint density at radius 1 is 1.12 bits per heavy atom. The Labute approximate surface area is 151 Å². The highest BCUT2D eigenvalue weighted by molar-refractivity contribution is 5.93. The Bertz CT molecular complexity index is 767. The minimum atomic E-state index is -0.516. The number of hydrogen-bond donors (Lipinski definition) is 3. The first-order chi connectivity index (χ1) is 11.4. The molecule has 0 aliphatic heterocycles. The lowest BCUT2D eigenvalue weighted by molar-refractivity contribution is -0.115. The summed E-state index contributed by atoms with van der Waals surface area (Å²) in [7, 11) is 0. The fraction of sp³-hybridized carbons (Fsp3) is 0.375. The Morgan fingerprint density at radius 3 is 2.12 bits per heavy atom. The molecular formula is C16H20ClN5O3. The molecule has 134 valence electrons. The molecule has 1 aromatic carbocycles. The third kappa shape index (κ3) is 4.15. The van der Waals surface area contributed by atoms with Gasteiger partial charge in [0, 0.05) is 30.8 Å². The number of anilines is 2. The van der Waals surface area contributed by atoms with Crippen molar-refractivity contribution in [2.45, 2.75) is 38.6 Å². The first kappa shape index (κ1) is 18.9. The van der Waals surface area contributed by atoms with Gasteiger partial charge in [0.1, 0.15) is 0 Å². The van der Waals surface area contributed by atoms with Crippen LogP contribution in [0.2, 0.25) is 0 Å². The first-order valence-electron chi connectivity index (χ1n) is 7.69. The summed E-state index contributed by atoms with van der Waals surface area (Å²) < 4.78 is 5.33. The molecule has 0 saturated heterocycles. The van der Waals surface area contributed by atoms with Gasteiger partial charge in [-0.05, 0) is 37.5 Å². The zero-order chi connectivity index (χ0) is 17.3. The van der Waals surface area contributed by atoms with Crippen molar-refractivity contribution in [1.29, 1.82) is 0 Å². The van der Waals surface area contributed by atoms with E-state index in [0.29, 0.717) is 28.7 Å². The number of rotatable bonds is 4. The van der Waals surface area contributed by atoms with Crippen LogP contribution < -0.4 is 16.4 Å². The van der Waals surface area contributed by atoms with Gasteiger partial charge in [-0.3, -0.25) is 9.59 Å². The van der Waals surface area contributed by atoms with Gasteiger partial charge >= 0.3 is 0 Å². The highest BCUT2D eigenvalue weighted by Gasteiger charge is 2.39. The molecule has 8 nitrogen and oxygen atoms in total. The predicted octanol–water partition coefficient (Wildman–Crippen LogP) is 2.41. The molecular weight excluding hydrogens is 346 g/mol. The van der Waals surface area contributed by atoms with E-state index in [-0.39, 0.29) is 24.2 Å². The highest BCUT2D eigenvalue weighted by Crippen LogP contribution is 2.38. The second-order valence-electron chi connectivity index (χ2n) is 6.09. The number of halogens is 1. The number of nitrogens with zero attached hydrogens (tertiary/aromatic N) is 2. The van der Waals surface area contributed by atoms with Crippen molar-refractivity contribution < 1.29 is 14.1 Å². The molecule has 1 aliphatic rings. The van der Waals surface area contributed by atoms with Gasteiger partial charge in [-0.1, -0.05) is 5.16 Å². The van der Waals surface area contributed by atoms with Crippen LogP contribution >= 0.6 is 12.4 Å². The van der Waals surface area contributed by atoms with Crippen LogP contribution in [-0.2, 0) is 15.1 Å². The van der Waals surface area contributed by atoms with Crippen LogP contribution in [0.4, 0.5) is 11.4 Å². The van der Waals surface area contributed by atoms with Crippen LogP contribution in [0.25, 0.3) is 11.5 Å². The molecule has 25 heavy (non-hydrogen) atoms. The van der Waals surface area contributed by atoms with E-state index >= 15 is 0 Å². The van der Waals surface area contributed by atoms with E-state index in [1.807, 2.05) is 0 Å². The number of aromatic nitrogens is 2. The Morgan fingerprint density at radius 2 is 1.68 bits per heavy atom. The summed E-state index contributed by atoms with van der Waals surface area (Å²) in [6.45, 7) is 2.81. The zero-order valence-corrected chi connectivity index (χ0v) is 14.8. The van der Waals surface area contributed by atoms with E-state index in [1.165, 1.54) is 13.8 Å². The molecule has 2 aromatic rings. The van der Waals surface area contributed by atoms with E-state index < -0.39 is 5.54 Å². The van der Waals surface area contributed by atoms with Crippen molar-refractivity contribution in [3.05, 3.63) is 24.0 Å². The van der Waals surface area contributed by atoms with Crippen molar-refractivity contribution in [2.24, 2.45) is 5.73 Å². The molecule has 0 unspecified atom stereocenters. The Kier molecular flexibility index (Phi) is 5.44. The van der Waals surface area contributed by atoms with Crippen LogP contribution in [0.5, 0.6) is 0 Å². The number of amides is 2. The minimum Gasteiger partial charge on any atom is -0.334 e. The normalized spacial score (nSPS) is 14.8. The number of hydrogen-bond acceptors (Lipinski definition) is 6. The van der Waals surface area contributed by atoms with Crippen LogP contribution in [0.3, 0.4) is 0 Å². The average Bonchev–Trinajstić information content (AvgIpc) is 2.93. The van der Waals surface area contributed by atoms with Crippen LogP contribution in [0.15, 0.2) is 22.7 Å². The van der Waals surface area contributed by atoms with Crippen molar-refractivity contribution in [3.8, 4) is 11.5 Å². The second-order valence-corrected chi connectivity index (χ2v) is 6.09. The number of nitrogens with two attached hydrogens (primary N) is 1. The van der Waals surface area contributed by atoms with Crippen molar-refractivity contribution >= 4 is 35.6 Å². The summed E-state index contributed by atoms with van der Waals surface area (Å²) in [6, 6.07) is 5.06. The predicted molar refractivity (Wildman–Crippen MR) is 95.3 cm³/mol. The Balaban J connectivity index is 0.00000225. The van der Waals surface area contributed by atoms with Gasteiger partial charge in [0.2, 0.25) is 11.8 Å². The lowest BCUT2D eigenvalue weighted by Crippen LogP contribution is -2.44. The summed E-state index contributed by atoms with van der Waals surface area (Å²) >= 11 is 0. The summed E-state index contributed by atoms with van der Waals surface area (Å²) in [4.78, 5) is 27.0. The van der Waals surface area contributed by atoms with Crippen LogP contribution in [-0.4, -0.2) is 22.0 Å². The molecule has 0 atom stereocenters. The largest absolute Gasteiger partial charge is 0.334 e. The number of nitrogens with one attached hydrogen (secondary N) is 2. The number of benzene rings is 1. The molecule has 3 rings (SSSR count). The lowest BCUT2D eigenvalue weighted by Gasteiger charge is -2.34. The second kappa shape index (κ2) is 7.20. The summed E-state index contributed by atoms with van der Waals surface area (Å²) in [5.74, 6) is 0.334. The molecule has 1 fully saturated rings. The summed E-state index contributed by atoms with van der Waals surface area (Å²) in [6.07, 6.45) is 2.70. The smallest absolute Gasteiger partial charge is 0.258 e. The van der Waals surface area contributed by atoms with Crippen LogP contribution in [0.1, 0.15) is 38.9 Å². The molecule has 1 aromatic heterocycles. The van der Waals surface area contributed by atoms with E-state index in [0.717, 1.165) is 19.3 Å². The van der Waals surface area contributed by atoms with Gasteiger partial charge in [-0.15, -0.1) is 12.4 Å². The molecule has 0 radical (unpaired) electrons. The highest BCUT2D eigenvalue weighted by atomic mass is 35.5. The van der Waals surface area contributed by atoms with Gasteiger partial charge < -0.3 is 20.9 Å². The van der Waals surface area contributed by atoms with E-state index in [2.05, 4.69) is 20.8 Å². The fourth-order valence-corrected chi connectivity index (χ4v) is 2.63. The average molecular weight is 366 g/mol. The maximum atomic E-state index is 11.3. The van der Waals surface area contributed by atoms with E-state index in [4.69, 9.17) is 10.3 Å². The third-order valence-corrected chi connectivity index (χ3v) is 3.94. The van der Waals surface area contributed by atoms with E-state index in [1.54, 1.807) is 18.2 Å². The van der Waals surface area contributed by atoms with Gasteiger partial charge in [-0.25, -0.2) is 0 Å². The number of carbonyl (C=O) groups is 2. The monoisotopic (exact) mass is 365 g/mol. The molecule has 9 heteroatoms. The Hall–Kier alpha value is -2.45. The van der Waals surface area contributed by atoms with Gasteiger partial charge in [-0.2, -0.15) is 4.98 Å². The topological polar surface area (TPSA) is 123 Å². The molecule has 0 spiro atoms. The van der Waals surface area contributed by atoms with E-state index in [9.17, 15) is 9.59 Å². The molecule has 2 amide bonds. The third-order valence-electron chi connectivity index (χ3n) is 3.94. The summed E-state index contributed by atoms with van der Waals surface area (Å²) in [5, 5.41) is 9.35. The quantitative estimate of drug-likeness (QED) is 0.764. The van der Waals surface area contributed by atoms with Gasteiger partial charge in [0.05, 0.1) is 5.54 Å². The maximum Gasteiger partial charge on any atom is 0.258 e. The SMILES string of the molecule is CC(=O)Nc1cc(NC(C)=O)cc(-c2nc(C3(N)CCC3)no2)c1.Cl. The van der Waals surface area contributed by atoms with Crippen molar-refractivity contribution in [1.82, 2.24) is 10.1 Å².